The third kappa shape index (κ3) is 5.60. The second kappa shape index (κ2) is 7.62. The van der Waals surface area contributed by atoms with Crippen LogP contribution in [-0.2, 0) is 22.7 Å². The Morgan fingerprint density at radius 3 is 1.56 bits per heavy atom. The Kier molecular flexibility index (Phi) is 7.79. The van der Waals surface area contributed by atoms with Crippen molar-refractivity contribution in [3.8, 4) is 0 Å². The van der Waals surface area contributed by atoms with Crippen LogP contribution in [0.15, 0.2) is 0 Å². The highest BCUT2D eigenvalue weighted by Crippen LogP contribution is 2.55. The topological polar surface area (TPSA) is 61.8 Å². The molecule has 0 saturated heterocycles. The molecule has 0 aliphatic carbocycles. The molecule has 0 heterocycles. The Morgan fingerprint density at radius 1 is 0.812 bits per heavy atom. The molecule has 5 nitrogen and oxygen atoms in total. The SMILES string of the molecule is CCOP(=O)(COP(=O)(CC)CC)OCC. The Labute approximate surface area is 97.8 Å². The first-order valence-electron chi connectivity index (χ1n) is 5.56. The summed E-state index contributed by atoms with van der Waals surface area (Å²) in [5, 5.41) is 0. The first-order valence-corrected chi connectivity index (χ1v) is 9.28. The molecule has 0 spiro atoms. The van der Waals surface area contributed by atoms with E-state index >= 15 is 0 Å². The van der Waals surface area contributed by atoms with Gasteiger partial charge in [-0.15, -0.1) is 0 Å². The quantitative estimate of drug-likeness (QED) is 0.601. The van der Waals surface area contributed by atoms with E-state index in [9.17, 15) is 9.13 Å². The molecule has 0 bridgehead atoms. The molecule has 0 rings (SSSR count). The lowest BCUT2D eigenvalue weighted by atomic mass is 10.9. The smallest absolute Gasteiger partial charge is 0.316 e. The van der Waals surface area contributed by atoms with Gasteiger partial charge in [-0.05, 0) is 13.8 Å². The lowest BCUT2D eigenvalue weighted by Crippen LogP contribution is -2.04. The fourth-order valence-electron chi connectivity index (χ4n) is 1.09. The molecule has 7 heteroatoms. The number of hydrogen-bond acceptors (Lipinski definition) is 5. The first kappa shape index (κ1) is 16.3. The maximum absolute atomic E-state index is 12.0. The molecular formula is C9H22O5P2. The molecule has 98 valence electrons. The summed E-state index contributed by atoms with van der Waals surface area (Å²) >= 11 is 0. The van der Waals surface area contributed by atoms with Crippen LogP contribution in [0.3, 0.4) is 0 Å². The normalized spacial score (nSPS) is 13.0. The van der Waals surface area contributed by atoms with E-state index in [2.05, 4.69) is 0 Å². The van der Waals surface area contributed by atoms with Crippen molar-refractivity contribution in [2.75, 3.05) is 31.9 Å². The molecule has 0 fully saturated rings. The zero-order chi connectivity index (χ0) is 12.7. The van der Waals surface area contributed by atoms with Gasteiger partial charge in [0.15, 0.2) is 6.35 Å². The predicted molar refractivity (Wildman–Crippen MR) is 65.5 cm³/mol. The van der Waals surface area contributed by atoms with Gasteiger partial charge < -0.3 is 13.6 Å². The largest absolute Gasteiger partial charge is 0.356 e. The highest BCUT2D eigenvalue weighted by molar-refractivity contribution is 7.60. The minimum Gasteiger partial charge on any atom is -0.316 e. The van der Waals surface area contributed by atoms with Crippen molar-refractivity contribution in [2.45, 2.75) is 27.7 Å². The molecule has 0 atom stereocenters. The summed E-state index contributed by atoms with van der Waals surface area (Å²) < 4.78 is 39.3. The van der Waals surface area contributed by atoms with E-state index in [-0.39, 0.29) is 19.6 Å². The fraction of sp³-hybridized carbons (Fsp3) is 1.00. The zero-order valence-electron chi connectivity index (χ0n) is 10.5. The van der Waals surface area contributed by atoms with Gasteiger partial charge in [-0.3, -0.25) is 9.13 Å². The summed E-state index contributed by atoms with van der Waals surface area (Å²) in [7, 11) is -5.89. The zero-order valence-corrected chi connectivity index (χ0v) is 12.3. The van der Waals surface area contributed by atoms with Gasteiger partial charge in [0.1, 0.15) is 0 Å². The number of hydrogen-bond donors (Lipinski definition) is 0. The van der Waals surface area contributed by atoms with Gasteiger partial charge in [0.05, 0.1) is 13.2 Å². The van der Waals surface area contributed by atoms with Gasteiger partial charge in [-0.25, -0.2) is 0 Å². The van der Waals surface area contributed by atoms with E-state index in [1.54, 1.807) is 27.7 Å². The Balaban J connectivity index is 4.42. The van der Waals surface area contributed by atoms with Crippen molar-refractivity contribution in [2.24, 2.45) is 0 Å². The lowest BCUT2D eigenvalue weighted by molar-refractivity contribution is 0.197. The molecule has 16 heavy (non-hydrogen) atoms. The summed E-state index contributed by atoms with van der Waals surface area (Å²) in [5.74, 6) is 0. The van der Waals surface area contributed by atoms with Crippen LogP contribution in [0.1, 0.15) is 27.7 Å². The van der Waals surface area contributed by atoms with Gasteiger partial charge in [0.2, 0.25) is 7.37 Å². The molecule has 0 aromatic heterocycles. The molecule has 0 aromatic rings. The third-order valence-electron chi connectivity index (χ3n) is 2.07. The van der Waals surface area contributed by atoms with Crippen LogP contribution in [0, 0.1) is 0 Å². The molecule has 0 saturated carbocycles. The van der Waals surface area contributed by atoms with E-state index in [1.165, 1.54) is 0 Å². The average molecular weight is 272 g/mol. The van der Waals surface area contributed by atoms with Crippen LogP contribution in [-0.4, -0.2) is 31.9 Å². The predicted octanol–water partition coefficient (Wildman–Crippen LogP) is 3.54. The monoisotopic (exact) mass is 272 g/mol. The van der Waals surface area contributed by atoms with E-state index in [0.29, 0.717) is 12.3 Å². The molecular weight excluding hydrogens is 250 g/mol. The van der Waals surface area contributed by atoms with Crippen molar-refractivity contribution in [1.82, 2.24) is 0 Å². The molecule has 0 N–H and O–H groups in total. The molecule has 0 radical (unpaired) electrons. The minimum atomic E-state index is -3.24. The molecule has 0 unspecified atom stereocenters. The summed E-state index contributed by atoms with van der Waals surface area (Å²) in [6, 6.07) is 0. The van der Waals surface area contributed by atoms with Crippen LogP contribution >= 0.6 is 15.0 Å². The highest BCUT2D eigenvalue weighted by Gasteiger charge is 2.28. The maximum atomic E-state index is 12.0. The van der Waals surface area contributed by atoms with Gasteiger partial charge in [0, 0.05) is 12.3 Å². The van der Waals surface area contributed by atoms with E-state index < -0.39 is 15.0 Å². The summed E-state index contributed by atoms with van der Waals surface area (Å²) in [6.45, 7) is 7.59. The maximum Gasteiger partial charge on any atom is 0.356 e. The minimum absolute atomic E-state index is 0.229. The van der Waals surface area contributed by atoms with Gasteiger partial charge in [0.25, 0.3) is 0 Å². The third-order valence-corrected chi connectivity index (χ3v) is 6.55. The van der Waals surface area contributed by atoms with E-state index in [1.807, 2.05) is 0 Å². The summed E-state index contributed by atoms with van der Waals surface area (Å²) in [4.78, 5) is 0. The Hall–Kier alpha value is 0.340. The first-order chi connectivity index (χ1) is 7.45. The van der Waals surface area contributed by atoms with Crippen molar-refractivity contribution in [3.63, 3.8) is 0 Å². The Morgan fingerprint density at radius 2 is 1.25 bits per heavy atom. The average Bonchev–Trinajstić information content (AvgIpc) is 2.27. The summed E-state index contributed by atoms with van der Waals surface area (Å²) in [5.41, 5.74) is 0. The van der Waals surface area contributed by atoms with Gasteiger partial charge in [-0.2, -0.15) is 0 Å². The van der Waals surface area contributed by atoms with Crippen LogP contribution in [0.2, 0.25) is 0 Å². The number of rotatable bonds is 9. The highest BCUT2D eigenvalue weighted by atomic mass is 31.2. The van der Waals surface area contributed by atoms with E-state index in [0.717, 1.165) is 0 Å². The second-order valence-electron chi connectivity index (χ2n) is 3.15. The Bertz CT molecular complexity index is 261. The molecule has 0 aliphatic heterocycles. The summed E-state index contributed by atoms with van der Waals surface area (Å²) in [6.07, 6.45) is 0.636. The fourth-order valence-corrected chi connectivity index (χ4v) is 4.32. The lowest BCUT2D eigenvalue weighted by Gasteiger charge is -2.20. The van der Waals surface area contributed by atoms with Crippen LogP contribution < -0.4 is 0 Å². The van der Waals surface area contributed by atoms with E-state index in [4.69, 9.17) is 13.6 Å². The standard InChI is InChI=1S/C9H22O5P2/c1-5-12-16(11,13-6-2)9-14-15(10,7-3)8-4/h5-9H2,1-4H3. The second-order valence-corrected chi connectivity index (χ2v) is 8.30. The van der Waals surface area contributed by atoms with Crippen molar-refractivity contribution < 1.29 is 22.7 Å². The molecule has 0 aliphatic rings. The van der Waals surface area contributed by atoms with Crippen LogP contribution in [0.5, 0.6) is 0 Å². The van der Waals surface area contributed by atoms with Crippen LogP contribution in [0.25, 0.3) is 0 Å². The van der Waals surface area contributed by atoms with Crippen molar-refractivity contribution in [3.05, 3.63) is 0 Å². The van der Waals surface area contributed by atoms with Gasteiger partial charge in [-0.1, -0.05) is 13.8 Å². The van der Waals surface area contributed by atoms with Crippen molar-refractivity contribution >= 4 is 15.0 Å². The van der Waals surface area contributed by atoms with Gasteiger partial charge >= 0.3 is 7.60 Å². The molecule has 0 amide bonds. The van der Waals surface area contributed by atoms with Crippen molar-refractivity contribution in [1.29, 1.82) is 0 Å². The van der Waals surface area contributed by atoms with Crippen LogP contribution in [0.4, 0.5) is 0 Å². The molecule has 0 aromatic carbocycles.